The zero-order chi connectivity index (χ0) is 11.8. The maximum absolute atomic E-state index is 6.13. The van der Waals surface area contributed by atoms with Crippen molar-refractivity contribution in [3.63, 3.8) is 0 Å². The molecular formula is C12H22N4. The molecule has 1 unspecified atom stereocenters. The molecule has 1 saturated heterocycles. The van der Waals surface area contributed by atoms with E-state index in [0.717, 1.165) is 26.1 Å². The first kappa shape index (κ1) is 11.6. The molecule has 4 nitrogen and oxygen atoms in total. The first-order valence-corrected chi connectivity index (χ1v) is 5.93. The molecule has 1 aliphatic rings. The van der Waals surface area contributed by atoms with Gasteiger partial charge in [-0.2, -0.15) is 5.10 Å². The number of nitrogens with zero attached hydrogens (tertiary/aromatic N) is 3. The minimum atomic E-state index is 0.223. The Morgan fingerprint density at radius 2 is 2.31 bits per heavy atom. The van der Waals surface area contributed by atoms with Crippen LogP contribution in [-0.4, -0.2) is 33.8 Å². The van der Waals surface area contributed by atoms with E-state index in [1.807, 2.05) is 17.9 Å². The minimum Gasteiger partial charge on any atom is -0.327 e. The quantitative estimate of drug-likeness (QED) is 0.811. The van der Waals surface area contributed by atoms with Crippen molar-refractivity contribution in [2.45, 2.75) is 32.9 Å². The van der Waals surface area contributed by atoms with E-state index in [4.69, 9.17) is 5.73 Å². The lowest BCUT2D eigenvalue weighted by molar-refractivity contribution is 0.0899. The van der Waals surface area contributed by atoms with Gasteiger partial charge in [-0.25, -0.2) is 0 Å². The maximum atomic E-state index is 6.13. The number of aromatic nitrogens is 2. The van der Waals surface area contributed by atoms with Gasteiger partial charge in [-0.1, -0.05) is 13.8 Å². The SMILES string of the molecule is Cn1cc(CN2CCC(N)C(C)(C)C2)cn1. The second-order valence-electron chi connectivity index (χ2n) is 5.62. The van der Waals surface area contributed by atoms with Gasteiger partial charge in [0.2, 0.25) is 0 Å². The van der Waals surface area contributed by atoms with Crippen molar-refractivity contribution >= 4 is 0 Å². The summed E-state index contributed by atoms with van der Waals surface area (Å²) >= 11 is 0. The monoisotopic (exact) mass is 222 g/mol. The second kappa shape index (κ2) is 4.18. The van der Waals surface area contributed by atoms with Crippen molar-refractivity contribution in [3.8, 4) is 0 Å². The molecule has 2 rings (SSSR count). The van der Waals surface area contributed by atoms with Crippen LogP contribution in [0.3, 0.4) is 0 Å². The van der Waals surface area contributed by atoms with Gasteiger partial charge in [0.15, 0.2) is 0 Å². The van der Waals surface area contributed by atoms with Crippen LogP contribution in [0.25, 0.3) is 0 Å². The topological polar surface area (TPSA) is 47.1 Å². The second-order valence-corrected chi connectivity index (χ2v) is 5.62. The molecule has 4 heteroatoms. The van der Waals surface area contributed by atoms with Crippen LogP contribution >= 0.6 is 0 Å². The van der Waals surface area contributed by atoms with Gasteiger partial charge in [-0.15, -0.1) is 0 Å². The average Bonchev–Trinajstić information content (AvgIpc) is 2.57. The summed E-state index contributed by atoms with van der Waals surface area (Å²) in [6, 6.07) is 0.331. The van der Waals surface area contributed by atoms with Crippen LogP contribution in [0.15, 0.2) is 12.4 Å². The Morgan fingerprint density at radius 3 is 2.88 bits per heavy atom. The van der Waals surface area contributed by atoms with E-state index in [-0.39, 0.29) is 5.41 Å². The fourth-order valence-corrected chi connectivity index (χ4v) is 2.43. The summed E-state index contributed by atoms with van der Waals surface area (Å²) in [6.07, 6.45) is 5.12. The molecule has 0 spiro atoms. The first-order chi connectivity index (χ1) is 7.47. The molecule has 16 heavy (non-hydrogen) atoms. The molecule has 1 aromatic rings. The summed E-state index contributed by atoms with van der Waals surface area (Å²) in [4.78, 5) is 2.47. The maximum Gasteiger partial charge on any atom is 0.0534 e. The molecule has 2 heterocycles. The summed E-state index contributed by atoms with van der Waals surface area (Å²) in [7, 11) is 1.96. The average molecular weight is 222 g/mol. The highest BCUT2D eigenvalue weighted by atomic mass is 15.2. The van der Waals surface area contributed by atoms with E-state index < -0.39 is 0 Å². The van der Waals surface area contributed by atoms with Gasteiger partial charge in [0.25, 0.3) is 0 Å². The van der Waals surface area contributed by atoms with E-state index in [0.29, 0.717) is 6.04 Å². The predicted molar refractivity (Wildman–Crippen MR) is 64.9 cm³/mol. The molecular weight excluding hydrogens is 200 g/mol. The van der Waals surface area contributed by atoms with Crippen molar-refractivity contribution in [2.75, 3.05) is 13.1 Å². The summed E-state index contributed by atoms with van der Waals surface area (Å²) in [5.41, 5.74) is 7.64. The Bertz CT molecular complexity index is 356. The number of aryl methyl sites for hydroxylation is 1. The standard InChI is InChI=1S/C12H22N4/c1-12(2)9-16(5-4-11(12)13)8-10-6-14-15(3)7-10/h6-7,11H,4-5,8-9,13H2,1-3H3. The van der Waals surface area contributed by atoms with E-state index >= 15 is 0 Å². The molecule has 0 amide bonds. The lowest BCUT2D eigenvalue weighted by Crippen LogP contribution is -2.51. The fraction of sp³-hybridized carbons (Fsp3) is 0.750. The number of nitrogens with two attached hydrogens (primary N) is 1. The van der Waals surface area contributed by atoms with Gasteiger partial charge >= 0.3 is 0 Å². The van der Waals surface area contributed by atoms with Gasteiger partial charge in [-0.3, -0.25) is 9.58 Å². The van der Waals surface area contributed by atoms with E-state index in [1.54, 1.807) is 0 Å². The van der Waals surface area contributed by atoms with Crippen molar-refractivity contribution in [1.82, 2.24) is 14.7 Å². The molecule has 0 radical (unpaired) electrons. The summed E-state index contributed by atoms with van der Waals surface area (Å²) < 4.78 is 1.86. The zero-order valence-electron chi connectivity index (χ0n) is 10.5. The van der Waals surface area contributed by atoms with Crippen LogP contribution in [0.2, 0.25) is 0 Å². The highest BCUT2D eigenvalue weighted by Crippen LogP contribution is 2.28. The Balaban J connectivity index is 1.97. The van der Waals surface area contributed by atoms with Gasteiger partial charge in [-0.05, 0) is 11.8 Å². The molecule has 1 fully saturated rings. The van der Waals surface area contributed by atoms with Gasteiger partial charge < -0.3 is 5.73 Å². The Hall–Kier alpha value is -0.870. The lowest BCUT2D eigenvalue weighted by Gasteiger charge is -2.42. The Labute approximate surface area is 97.4 Å². The minimum absolute atomic E-state index is 0.223. The summed E-state index contributed by atoms with van der Waals surface area (Å²) in [5.74, 6) is 0. The number of rotatable bonds is 2. The van der Waals surface area contributed by atoms with Gasteiger partial charge in [0.05, 0.1) is 6.20 Å². The normalized spacial score (nSPS) is 25.9. The van der Waals surface area contributed by atoms with E-state index in [9.17, 15) is 0 Å². The van der Waals surface area contributed by atoms with Crippen LogP contribution in [0.4, 0.5) is 0 Å². The van der Waals surface area contributed by atoms with Crippen molar-refractivity contribution in [1.29, 1.82) is 0 Å². The molecule has 0 saturated carbocycles. The molecule has 90 valence electrons. The van der Waals surface area contributed by atoms with Gasteiger partial charge in [0.1, 0.15) is 0 Å². The number of hydrogen-bond acceptors (Lipinski definition) is 3. The zero-order valence-corrected chi connectivity index (χ0v) is 10.5. The molecule has 0 aliphatic carbocycles. The molecule has 1 aliphatic heterocycles. The Kier molecular flexibility index (Phi) is 3.04. The van der Waals surface area contributed by atoms with E-state index in [2.05, 4.69) is 30.0 Å². The number of likely N-dealkylation sites (tertiary alicyclic amines) is 1. The predicted octanol–water partition coefficient (Wildman–Crippen LogP) is 0.979. The van der Waals surface area contributed by atoms with Crippen molar-refractivity contribution in [2.24, 2.45) is 18.2 Å². The van der Waals surface area contributed by atoms with Crippen molar-refractivity contribution < 1.29 is 0 Å². The number of piperidine rings is 1. The van der Waals surface area contributed by atoms with E-state index in [1.165, 1.54) is 5.56 Å². The third kappa shape index (κ3) is 2.44. The molecule has 1 atom stereocenters. The van der Waals surface area contributed by atoms with Crippen LogP contribution in [-0.2, 0) is 13.6 Å². The third-order valence-electron chi connectivity index (χ3n) is 3.56. The molecule has 2 N–H and O–H groups in total. The van der Waals surface area contributed by atoms with Crippen molar-refractivity contribution in [3.05, 3.63) is 18.0 Å². The summed E-state index contributed by atoms with van der Waals surface area (Å²) in [6.45, 7) is 7.67. The van der Waals surface area contributed by atoms with Crippen LogP contribution in [0.5, 0.6) is 0 Å². The van der Waals surface area contributed by atoms with Crippen LogP contribution in [0.1, 0.15) is 25.8 Å². The first-order valence-electron chi connectivity index (χ1n) is 5.93. The molecule has 0 aromatic carbocycles. The fourth-order valence-electron chi connectivity index (χ4n) is 2.43. The largest absolute Gasteiger partial charge is 0.327 e. The van der Waals surface area contributed by atoms with Crippen LogP contribution in [0, 0.1) is 5.41 Å². The highest BCUT2D eigenvalue weighted by Gasteiger charge is 2.33. The smallest absolute Gasteiger partial charge is 0.0534 e. The summed E-state index contributed by atoms with van der Waals surface area (Å²) in [5, 5.41) is 4.20. The van der Waals surface area contributed by atoms with Gasteiger partial charge in [0, 0.05) is 44.5 Å². The number of hydrogen-bond donors (Lipinski definition) is 1. The molecule has 0 bridgehead atoms. The van der Waals surface area contributed by atoms with Crippen LogP contribution < -0.4 is 5.73 Å². The Morgan fingerprint density at radius 1 is 1.56 bits per heavy atom. The molecule has 1 aromatic heterocycles. The third-order valence-corrected chi connectivity index (χ3v) is 3.56. The highest BCUT2D eigenvalue weighted by molar-refractivity contribution is 5.04. The lowest BCUT2D eigenvalue weighted by atomic mass is 9.79.